The molecule has 0 saturated carbocycles. The van der Waals surface area contributed by atoms with Crippen molar-refractivity contribution in [2.75, 3.05) is 7.11 Å². The first kappa shape index (κ1) is 11.1. The predicted octanol–water partition coefficient (Wildman–Crippen LogP) is 0.135. The number of aliphatic hydroxyl groups is 1. The topological polar surface area (TPSA) is 63.6 Å². The molecular weight excluding hydrogens is 160 g/mol. The van der Waals surface area contributed by atoms with E-state index in [0.717, 1.165) is 0 Å². The molecule has 0 aliphatic heterocycles. The molecule has 0 heterocycles. The molecule has 0 fully saturated rings. The summed E-state index contributed by atoms with van der Waals surface area (Å²) in [6.45, 7) is 2.92. The molecule has 0 aliphatic carbocycles. The normalized spacial score (nSPS) is 15.0. The maximum absolute atomic E-state index is 10.7. The van der Waals surface area contributed by atoms with Gasteiger partial charge in [0.2, 0.25) is 0 Å². The average molecular weight is 174 g/mol. The number of aliphatic hydroxyl groups excluding tert-OH is 1. The molecule has 2 atom stereocenters. The zero-order valence-electron chi connectivity index (χ0n) is 7.53. The molecular formula is C8H14O4. The number of Topliss-reactive ketones (excluding diaryl/α,β-unsaturated/α-hetero) is 1. The van der Waals surface area contributed by atoms with Crippen LogP contribution >= 0.6 is 0 Å². The summed E-state index contributed by atoms with van der Waals surface area (Å²) in [5.74, 6) is -1.12. The fourth-order valence-corrected chi connectivity index (χ4v) is 0.859. The van der Waals surface area contributed by atoms with Crippen LogP contribution in [0, 0.1) is 5.92 Å². The van der Waals surface area contributed by atoms with Crippen LogP contribution in [0.3, 0.4) is 0 Å². The van der Waals surface area contributed by atoms with Crippen molar-refractivity contribution in [2.45, 2.75) is 26.4 Å². The van der Waals surface area contributed by atoms with Crippen molar-refractivity contribution >= 4 is 11.8 Å². The zero-order chi connectivity index (χ0) is 9.72. The largest absolute Gasteiger partial charge is 0.469 e. The Hall–Kier alpha value is -0.900. The SMILES string of the molecule is COC(=O)CC(C)C(O)C(C)=O. The van der Waals surface area contributed by atoms with Gasteiger partial charge in [-0.15, -0.1) is 0 Å². The lowest BCUT2D eigenvalue weighted by molar-refractivity contribution is -0.143. The molecule has 0 spiro atoms. The Kier molecular flexibility index (Phi) is 4.51. The molecule has 0 amide bonds. The van der Waals surface area contributed by atoms with Crippen molar-refractivity contribution in [1.29, 1.82) is 0 Å². The monoisotopic (exact) mass is 174 g/mol. The van der Waals surface area contributed by atoms with Crippen LogP contribution in [-0.2, 0) is 14.3 Å². The van der Waals surface area contributed by atoms with Crippen molar-refractivity contribution in [3.05, 3.63) is 0 Å². The highest BCUT2D eigenvalue weighted by Crippen LogP contribution is 2.09. The molecule has 1 N–H and O–H groups in total. The van der Waals surface area contributed by atoms with Gasteiger partial charge in [-0.2, -0.15) is 0 Å². The van der Waals surface area contributed by atoms with Crippen LogP contribution in [0.4, 0.5) is 0 Å². The Labute approximate surface area is 71.5 Å². The number of esters is 1. The zero-order valence-corrected chi connectivity index (χ0v) is 7.53. The fraction of sp³-hybridized carbons (Fsp3) is 0.750. The second kappa shape index (κ2) is 4.87. The number of methoxy groups -OCH3 is 1. The Morgan fingerprint density at radius 3 is 2.33 bits per heavy atom. The van der Waals surface area contributed by atoms with Gasteiger partial charge < -0.3 is 9.84 Å². The molecule has 70 valence electrons. The van der Waals surface area contributed by atoms with Crippen LogP contribution in [0.2, 0.25) is 0 Å². The summed E-state index contributed by atoms with van der Waals surface area (Å²) in [5, 5.41) is 9.18. The van der Waals surface area contributed by atoms with Gasteiger partial charge in [-0.05, 0) is 12.8 Å². The second-order valence-corrected chi connectivity index (χ2v) is 2.81. The summed E-state index contributed by atoms with van der Waals surface area (Å²) in [5.41, 5.74) is 0. The molecule has 0 radical (unpaired) electrons. The predicted molar refractivity (Wildman–Crippen MR) is 42.5 cm³/mol. The van der Waals surface area contributed by atoms with E-state index >= 15 is 0 Å². The third kappa shape index (κ3) is 3.48. The quantitative estimate of drug-likeness (QED) is 0.615. The van der Waals surface area contributed by atoms with Crippen molar-refractivity contribution in [1.82, 2.24) is 0 Å². The standard InChI is InChI=1S/C8H14O4/c1-5(4-7(10)12-3)8(11)6(2)9/h5,8,11H,4H2,1-3H3. The fourth-order valence-electron chi connectivity index (χ4n) is 0.859. The molecule has 4 heteroatoms. The van der Waals surface area contributed by atoms with E-state index in [4.69, 9.17) is 0 Å². The molecule has 0 saturated heterocycles. The Balaban J connectivity index is 3.94. The van der Waals surface area contributed by atoms with Gasteiger partial charge >= 0.3 is 5.97 Å². The van der Waals surface area contributed by atoms with E-state index in [0.29, 0.717) is 0 Å². The molecule has 2 unspecified atom stereocenters. The summed E-state index contributed by atoms with van der Waals surface area (Å²) in [4.78, 5) is 21.4. The highest BCUT2D eigenvalue weighted by molar-refractivity contribution is 5.81. The Morgan fingerprint density at radius 1 is 1.50 bits per heavy atom. The van der Waals surface area contributed by atoms with Gasteiger partial charge in [0.1, 0.15) is 6.10 Å². The molecule has 12 heavy (non-hydrogen) atoms. The van der Waals surface area contributed by atoms with Crippen LogP contribution in [0.1, 0.15) is 20.3 Å². The van der Waals surface area contributed by atoms with E-state index in [2.05, 4.69) is 4.74 Å². The van der Waals surface area contributed by atoms with Gasteiger partial charge in [0.25, 0.3) is 0 Å². The van der Waals surface area contributed by atoms with Gasteiger partial charge in [-0.1, -0.05) is 6.92 Å². The molecule has 4 nitrogen and oxygen atoms in total. The molecule has 0 aromatic carbocycles. The summed E-state index contributed by atoms with van der Waals surface area (Å²) >= 11 is 0. The van der Waals surface area contributed by atoms with Gasteiger partial charge in [-0.3, -0.25) is 9.59 Å². The van der Waals surface area contributed by atoms with E-state index in [9.17, 15) is 14.7 Å². The first-order chi connectivity index (χ1) is 5.49. The third-order valence-corrected chi connectivity index (χ3v) is 1.67. The maximum Gasteiger partial charge on any atom is 0.305 e. The molecule has 0 aromatic heterocycles. The van der Waals surface area contributed by atoms with Crippen molar-refractivity contribution in [2.24, 2.45) is 5.92 Å². The van der Waals surface area contributed by atoms with Gasteiger partial charge in [0.15, 0.2) is 5.78 Å². The summed E-state index contributed by atoms with van der Waals surface area (Å²) in [7, 11) is 1.27. The summed E-state index contributed by atoms with van der Waals surface area (Å²) < 4.78 is 4.39. The Morgan fingerprint density at radius 2 is 2.00 bits per heavy atom. The smallest absolute Gasteiger partial charge is 0.305 e. The van der Waals surface area contributed by atoms with E-state index in [1.807, 2.05) is 0 Å². The number of carbonyl (C=O) groups excluding carboxylic acids is 2. The molecule has 0 bridgehead atoms. The van der Waals surface area contributed by atoms with E-state index in [1.54, 1.807) is 6.92 Å². The number of carbonyl (C=O) groups is 2. The molecule has 0 rings (SSSR count). The van der Waals surface area contributed by atoms with Crippen molar-refractivity contribution < 1.29 is 19.4 Å². The lowest BCUT2D eigenvalue weighted by Crippen LogP contribution is -2.27. The number of hydrogen-bond acceptors (Lipinski definition) is 4. The number of rotatable bonds is 4. The first-order valence-electron chi connectivity index (χ1n) is 3.74. The second-order valence-electron chi connectivity index (χ2n) is 2.81. The lowest BCUT2D eigenvalue weighted by Gasteiger charge is -2.14. The Bertz CT molecular complexity index is 176. The van der Waals surface area contributed by atoms with Crippen molar-refractivity contribution in [3.8, 4) is 0 Å². The van der Waals surface area contributed by atoms with Crippen LogP contribution in [0.5, 0.6) is 0 Å². The minimum atomic E-state index is -1.07. The van der Waals surface area contributed by atoms with E-state index in [1.165, 1.54) is 14.0 Å². The van der Waals surface area contributed by atoms with Gasteiger partial charge in [-0.25, -0.2) is 0 Å². The average Bonchev–Trinajstić information content (AvgIpc) is 2.02. The number of ketones is 1. The van der Waals surface area contributed by atoms with Gasteiger partial charge in [0.05, 0.1) is 13.5 Å². The summed E-state index contributed by atoms with van der Waals surface area (Å²) in [6, 6.07) is 0. The van der Waals surface area contributed by atoms with Crippen molar-refractivity contribution in [3.63, 3.8) is 0 Å². The lowest BCUT2D eigenvalue weighted by atomic mass is 9.98. The highest BCUT2D eigenvalue weighted by Gasteiger charge is 2.21. The minimum absolute atomic E-state index is 0.0667. The number of ether oxygens (including phenoxy) is 1. The van der Waals surface area contributed by atoms with Crippen LogP contribution < -0.4 is 0 Å². The van der Waals surface area contributed by atoms with E-state index in [-0.39, 0.29) is 18.1 Å². The van der Waals surface area contributed by atoms with Crippen LogP contribution in [0.15, 0.2) is 0 Å². The number of hydrogen-bond donors (Lipinski definition) is 1. The maximum atomic E-state index is 10.7. The molecule has 0 aliphatic rings. The minimum Gasteiger partial charge on any atom is -0.469 e. The van der Waals surface area contributed by atoms with Crippen LogP contribution in [0.25, 0.3) is 0 Å². The van der Waals surface area contributed by atoms with Gasteiger partial charge in [0, 0.05) is 0 Å². The molecule has 0 aromatic rings. The highest BCUT2D eigenvalue weighted by atomic mass is 16.5. The summed E-state index contributed by atoms with van der Waals surface area (Å²) in [6.07, 6.45) is -0.999. The third-order valence-electron chi connectivity index (χ3n) is 1.67. The van der Waals surface area contributed by atoms with E-state index < -0.39 is 12.1 Å². The first-order valence-corrected chi connectivity index (χ1v) is 3.74. The van der Waals surface area contributed by atoms with Crippen LogP contribution in [-0.4, -0.2) is 30.1 Å².